The largest absolute Gasteiger partial charge is 1.00 e. The molecule has 1 N–H and O–H groups in total. The van der Waals surface area contributed by atoms with Crippen LogP contribution in [0.3, 0.4) is 0 Å². The molecule has 2 aromatic carbocycles. The fourth-order valence-corrected chi connectivity index (χ4v) is 3.53. The zero-order chi connectivity index (χ0) is 19.7. The summed E-state index contributed by atoms with van der Waals surface area (Å²) in [5, 5.41) is 11.9. The molecule has 0 heterocycles. The third-order valence-electron chi connectivity index (χ3n) is 4.42. The molecular weight excluding hydrogens is 403 g/mol. The molecule has 28 heavy (non-hydrogen) atoms. The minimum atomic E-state index is -4.45. The third kappa shape index (κ3) is 8.53. The molecule has 0 bridgehead atoms. The van der Waals surface area contributed by atoms with Crippen LogP contribution in [0.15, 0.2) is 47.4 Å². The van der Waals surface area contributed by atoms with E-state index in [9.17, 15) is 18.1 Å². The van der Waals surface area contributed by atoms with Crippen molar-refractivity contribution >= 4 is 10.1 Å². The van der Waals surface area contributed by atoms with Gasteiger partial charge in [-0.05, 0) is 36.6 Å². The number of unbranched alkanes of at least 4 members (excludes halogenated alkanes) is 6. The average Bonchev–Trinajstić information content (AvgIpc) is 2.62. The summed E-state index contributed by atoms with van der Waals surface area (Å²) in [6.07, 6.45) is 9.11. The predicted octanol–water partition coefficient (Wildman–Crippen LogP) is 2.10. The summed E-state index contributed by atoms with van der Waals surface area (Å²) >= 11 is 0. The average molecular weight is 431 g/mol. The van der Waals surface area contributed by atoms with Crippen molar-refractivity contribution in [2.45, 2.75) is 63.2 Å². The Morgan fingerprint density at radius 3 is 2.21 bits per heavy atom. The van der Waals surface area contributed by atoms with Crippen LogP contribution < -0.4 is 61.2 Å². The Morgan fingerprint density at radius 2 is 1.57 bits per heavy atom. The number of ether oxygens (including phenoxy) is 1. The molecule has 0 aliphatic carbocycles. The predicted molar refractivity (Wildman–Crippen MR) is 104 cm³/mol. The van der Waals surface area contributed by atoms with Gasteiger partial charge in [-0.15, -0.1) is 0 Å². The van der Waals surface area contributed by atoms with Gasteiger partial charge in [0.15, 0.2) is 0 Å². The van der Waals surface area contributed by atoms with E-state index in [0.717, 1.165) is 24.8 Å². The second-order valence-electron chi connectivity index (χ2n) is 6.68. The first-order valence-electron chi connectivity index (χ1n) is 9.46. The van der Waals surface area contributed by atoms with Gasteiger partial charge in [-0.1, -0.05) is 75.5 Å². The summed E-state index contributed by atoms with van der Waals surface area (Å²) in [6.45, 7) is 2.20. The summed E-state index contributed by atoms with van der Waals surface area (Å²) in [6, 6.07) is 10.6. The molecule has 2 rings (SSSR count). The van der Waals surface area contributed by atoms with Crippen LogP contribution in [-0.4, -0.2) is 13.0 Å². The normalized spacial score (nSPS) is 11.1. The van der Waals surface area contributed by atoms with Gasteiger partial charge in [0.05, 0.1) is 0 Å². The summed E-state index contributed by atoms with van der Waals surface area (Å²) in [7, 11) is -4.45. The number of aryl methyl sites for hydroxylation is 1. The smallest absolute Gasteiger partial charge is 0.870 e. The molecule has 0 unspecified atom stereocenters. The van der Waals surface area contributed by atoms with Crippen molar-refractivity contribution in [3.63, 3.8) is 0 Å². The first-order valence-corrected chi connectivity index (χ1v) is 10.9. The van der Waals surface area contributed by atoms with Crippen LogP contribution in [0.5, 0.6) is 17.2 Å². The van der Waals surface area contributed by atoms with E-state index >= 15 is 0 Å². The molecule has 5 nitrogen and oxygen atoms in total. The van der Waals surface area contributed by atoms with Crippen LogP contribution in [0.25, 0.3) is 0 Å². The van der Waals surface area contributed by atoms with Crippen LogP contribution in [0.1, 0.15) is 57.4 Å². The second kappa shape index (κ2) is 13.0. The Morgan fingerprint density at radius 1 is 0.929 bits per heavy atom. The summed E-state index contributed by atoms with van der Waals surface area (Å²) in [5.41, 5.74) is 0.911. The number of benzene rings is 2. The van der Waals surface area contributed by atoms with Gasteiger partial charge in [-0.25, -0.2) is 0 Å². The van der Waals surface area contributed by atoms with Gasteiger partial charge < -0.3 is 9.84 Å². The molecule has 0 atom stereocenters. The van der Waals surface area contributed by atoms with Crippen molar-refractivity contribution in [1.82, 2.24) is 0 Å². The van der Waals surface area contributed by atoms with E-state index in [1.165, 1.54) is 50.3 Å². The maximum absolute atomic E-state index is 11.9. The van der Waals surface area contributed by atoms with Crippen molar-refractivity contribution in [2.75, 3.05) is 0 Å². The SMILES string of the molecule is CCCCCCCCCc1ccc(S(=O)(=O)O)c(Oc2ccccc2[O-])c1.[K+]. The van der Waals surface area contributed by atoms with E-state index < -0.39 is 10.1 Å². The van der Waals surface area contributed by atoms with Gasteiger partial charge >= 0.3 is 51.4 Å². The molecule has 148 valence electrons. The fourth-order valence-electron chi connectivity index (χ4n) is 2.94. The Labute approximate surface area is 210 Å². The maximum atomic E-state index is 11.9. The fraction of sp³-hybridized carbons (Fsp3) is 0.429. The molecule has 0 fully saturated rings. The summed E-state index contributed by atoms with van der Waals surface area (Å²) in [4.78, 5) is -0.339. The number of hydrogen-bond donors (Lipinski definition) is 1. The Bertz CT molecular complexity index is 836. The zero-order valence-electron chi connectivity index (χ0n) is 16.7. The second-order valence-corrected chi connectivity index (χ2v) is 8.07. The van der Waals surface area contributed by atoms with Crippen LogP contribution >= 0.6 is 0 Å². The quantitative estimate of drug-likeness (QED) is 0.335. The van der Waals surface area contributed by atoms with Crippen LogP contribution in [-0.2, 0) is 16.5 Å². The van der Waals surface area contributed by atoms with Crippen molar-refractivity contribution in [2.24, 2.45) is 0 Å². The molecule has 0 saturated carbocycles. The van der Waals surface area contributed by atoms with E-state index in [1.54, 1.807) is 24.3 Å². The third-order valence-corrected chi connectivity index (χ3v) is 5.32. The molecule has 0 aliphatic rings. The first-order chi connectivity index (χ1) is 12.9. The van der Waals surface area contributed by atoms with Gasteiger partial charge in [-0.3, -0.25) is 4.55 Å². The van der Waals surface area contributed by atoms with E-state index in [-0.39, 0.29) is 73.5 Å². The number of hydrogen-bond acceptors (Lipinski definition) is 4. The minimum Gasteiger partial charge on any atom is -0.870 e. The van der Waals surface area contributed by atoms with Crippen molar-refractivity contribution in [1.29, 1.82) is 0 Å². The van der Waals surface area contributed by atoms with Gasteiger partial charge in [0.1, 0.15) is 16.4 Å². The Kier molecular flexibility index (Phi) is 11.9. The van der Waals surface area contributed by atoms with Gasteiger partial charge in [-0.2, -0.15) is 8.42 Å². The number of para-hydroxylation sites is 2. The van der Waals surface area contributed by atoms with E-state index in [2.05, 4.69) is 6.92 Å². The minimum absolute atomic E-state index is 0. The van der Waals surface area contributed by atoms with Crippen molar-refractivity contribution in [3.05, 3.63) is 48.0 Å². The van der Waals surface area contributed by atoms with Gasteiger partial charge in [0.2, 0.25) is 0 Å². The molecule has 0 aromatic heterocycles. The maximum Gasteiger partial charge on any atom is 1.00 e. The van der Waals surface area contributed by atoms with Crippen molar-refractivity contribution in [3.8, 4) is 17.2 Å². The number of rotatable bonds is 11. The molecule has 0 spiro atoms. The van der Waals surface area contributed by atoms with E-state index in [0.29, 0.717) is 0 Å². The Balaban J connectivity index is 0.00000392. The Hall–Kier alpha value is -0.414. The standard InChI is InChI=1S/C21H28O5S.K/c1-2-3-4-5-6-7-8-11-17-14-15-21(27(23,24)25)20(16-17)26-19-13-10-9-12-18(19)22;/h9-10,12-16,22H,2-8,11H2,1H3,(H,23,24,25);/q;+1/p-1. The zero-order valence-corrected chi connectivity index (χ0v) is 20.6. The summed E-state index contributed by atoms with van der Waals surface area (Å²) < 4.78 is 38.2. The topological polar surface area (TPSA) is 86.7 Å². The van der Waals surface area contributed by atoms with Crippen LogP contribution in [0.2, 0.25) is 0 Å². The van der Waals surface area contributed by atoms with Gasteiger partial charge in [0, 0.05) is 0 Å². The molecular formula is C21H27KO5S. The molecule has 2 aromatic rings. The van der Waals surface area contributed by atoms with Crippen LogP contribution in [0.4, 0.5) is 0 Å². The van der Waals surface area contributed by atoms with Crippen LogP contribution in [0, 0.1) is 0 Å². The molecule has 0 amide bonds. The molecule has 0 aliphatic heterocycles. The van der Waals surface area contributed by atoms with E-state index in [1.807, 2.05) is 0 Å². The molecule has 0 saturated heterocycles. The van der Waals surface area contributed by atoms with E-state index in [4.69, 9.17) is 4.74 Å². The molecule has 0 radical (unpaired) electrons. The van der Waals surface area contributed by atoms with Gasteiger partial charge in [0.25, 0.3) is 10.1 Å². The first kappa shape index (κ1) is 25.6. The monoisotopic (exact) mass is 430 g/mol. The molecule has 7 heteroatoms. The van der Waals surface area contributed by atoms with Crippen molar-refractivity contribution < 1.29 is 74.2 Å². The summed E-state index contributed by atoms with van der Waals surface area (Å²) in [5.74, 6) is -0.354.